The molecule has 6 aromatic carbocycles. The first-order valence-corrected chi connectivity index (χ1v) is 20.0. The zero-order valence-electron chi connectivity index (χ0n) is 29.8. The van der Waals surface area contributed by atoms with E-state index in [-0.39, 0.29) is 0 Å². The molecule has 0 spiro atoms. The maximum absolute atomic E-state index is 5.23. The van der Waals surface area contributed by atoms with E-state index in [1.807, 2.05) is 65.1 Å². The lowest BCUT2D eigenvalue weighted by Crippen LogP contribution is -1.98. The van der Waals surface area contributed by atoms with Gasteiger partial charge in [0.25, 0.3) is 0 Å². The smallest absolute Gasteiger partial charge is 0.160 e. The van der Waals surface area contributed by atoms with E-state index in [0.29, 0.717) is 22.9 Å². The average molecular weight is 752 g/mol. The molecule has 0 aliphatic heterocycles. The van der Waals surface area contributed by atoms with Crippen molar-refractivity contribution in [1.82, 2.24) is 24.9 Å². The molecule has 11 rings (SSSR count). The van der Waals surface area contributed by atoms with E-state index in [9.17, 15) is 0 Å². The second kappa shape index (κ2) is 13.4. The normalized spacial score (nSPS) is 11.6. The van der Waals surface area contributed by atoms with E-state index in [4.69, 9.17) is 19.9 Å². The molecule has 0 fully saturated rings. The number of hydrogen-bond acceptors (Lipinski definition) is 7. The van der Waals surface area contributed by atoms with Crippen LogP contribution in [0.3, 0.4) is 0 Å². The highest BCUT2D eigenvalue weighted by Gasteiger charge is 2.17. The van der Waals surface area contributed by atoms with Crippen molar-refractivity contribution in [2.24, 2.45) is 0 Å². The topological polar surface area (TPSA) is 64.5 Å². The highest BCUT2D eigenvalue weighted by Crippen LogP contribution is 2.41. The van der Waals surface area contributed by atoms with E-state index in [2.05, 4.69) is 120 Å². The highest BCUT2D eigenvalue weighted by atomic mass is 32.1. The van der Waals surface area contributed by atoms with Crippen molar-refractivity contribution in [3.8, 4) is 67.7 Å². The molecule has 262 valence electrons. The van der Waals surface area contributed by atoms with Gasteiger partial charge in [-0.1, -0.05) is 84.9 Å². The lowest BCUT2D eigenvalue weighted by atomic mass is 9.94. The van der Waals surface area contributed by atoms with Gasteiger partial charge in [0.05, 0.1) is 29.5 Å². The summed E-state index contributed by atoms with van der Waals surface area (Å²) in [6, 6.07) is 55.7. The van der Waals surface area contributed by atoms with Crippen molar-refractivity contribution >= 4 is 63.0 Å². The van der Waals surface area contributed by atoms with E-state index in [0.717, 1.165) is 44.8 Å². The summed E-state index contributed by atoms with van der Waals surface area (Å²) in [6.45, 7) is 0. The fraction of sp³-hybridized carbons (Fsp3) is 0. The summed E-state index contributed by atoms with van der Waals surface area (Å²) < 4.78 is 5.14. The molecule has 0 unspecified atom stereocenters. The van der Waals surface area contributed by atoms with Crippen LogP contribution >= 0.6 is 22.7 Å². The minimum atomic E-state index is 0.615. The number of fused-ring (bicyclic) bond motifs is 6. The van der Waals surface area contributed by atoms with Gasteiger partial charge in [0, 0.05) is 57.7 Å². The van der Waals surface area contributed by atoms with Crippen LogP contribution in [0.2, 0.25) is 0 Å². The Morgan fingerprint density at radius 2 is 0.839 bits per heavy atom. The van der Waals surface area contributed by atoms with Crippen LogP contribution in [0.5, 0.6) is 0 Å². The number of hydrogen-bond donors (Lipinski definition) is 0. The largest absolute Gasteiger partial charge is 0.255 e. The predicted molar refractivity (Wildman–Crippen MR) is 234 cm³/mol. The van der Waals surface area contributed by atoms with Crippen LogP contribution in [0.25, 0.3) is 108 Å². The van der Waals surface area contributed by atoms with Crippen molar-refractivity contribution in [3.05, 3.63) is 176 Å². The van der Waals surface area contributed by atoms with E-state index in [1.165, 1.54) is 40.3 Å². The number of benzene rings is 6. The molecule has 0 bridgehead atoms. The second-order valence-electron chi connectivity index (χ2n) is 13.7. The number of thiophene rings is 2. The summed E-state index contributed by atoms with van der Waals surface area (Å²) in [7, 11) is 0. The van der Waals surface area contributed by atoms with Crippen LogP contribution in [-0.2, 0) is 0 Å². The molecule has 5 aromatic heterocycles. The van der Waals surface area contributed by atoms with Gasteiger partial charge in [-0.15, -0.1) is 22.7 Å². The fourth-order valence-electron chi connectivity index (χ4n) is 7.47. The monoisotopic (exact) mass is 751 g/mol. The average Bonchev–Trinajstić information content (AvgIpc) is 3.84. The van der Waals surface area contributed by atoms with Gasteiger partial charge in [0.1, 0.15) is 11.4 Å². The van der Waals surface area contributed by atoms with Crippen LogP contribution in [-0.4, -0.2) is 24.9 Å². The summed E-state index contributed by atoms with van der Waals surface area (Å²) in [5.74, 6) is 0.615. The molecule has 11 aromatic rings. The first-order valence-electron chi connectivity index (χ1n) is 18.4. The van der Waals surface area contributed by atoms with Gasteiger partial charge in [-0.25, -0.2) is 9.97 Å². The Hall–Kier alpha value is -6.93. The maximum Gasteiger partial charge on any atom is 0.160 e. The van der Waals surface area contributed by atoms with Crippen LogP contribution in [0.4, 0.5) is 0 Å². The first-order chi connectivity index (χ1) is 27.7. The van der Waals surface area contributed by atoms with Crippen molar-refractivity contribution in [3.63, 3.8) is 0 Å². The van der Waals surface area contributed by atoms with Gasteiger partial charge in [0.2, 0.25) is 0 Å². The Labute approximate surface area is 330 Å². The Kier molecular flexibility index (Phi) is 7.79. The third-order valence-electron chi connectivity index (χ3n) is 10.2. The molecule has 7 heteroatoms. The molecular formula is C49H29N5S2. The van der Waals surface area contributed by atoms with Crippen molar-refractivity contribution < 1.29 is 0 Å². The summed E-state index contributed by atoms with van der Waals surface area (Å²) in [4.78, 5) is 24.5. The lowest BCUT2D eigenvalue weighted by molar-refractivity contribution is 1.13. The SMILES string of the molecule is c1ccc(-c2cc(-c3cnc(-c4ccccn4)cn3)nc(-c3cc(-c4ccc5sc6ccccc6c5c4)cc(-c4ccc5sc6ccccc6c5c4)c3)n2)cc1. The molecule has 0 aliphatic rings. The molecular weight excluding hydrogens is 723 g/mol. The third kappa shape index (κ3) is 5.82. The zero-order valence-corrected chi connectivity index (χ0v) is 31.4. The van der Waals surface area contributed by atoms with E-state index < -0.39 is 0 Å². The maximum atomic E-state index is 5.23. The molecule has 0 N–H and O–H groups in total. The Balaban J connectivity index is 1.11. The van der Waals surface area contributed by atoms with Gasteiger partial charge >= 0.3 is 0 Å². The molecule has 0 radical (unpaired) electrons. The fourth-order valence-corrected chi connectivity index (χ4v) is 9.65. The molecule has 0 saturated carbocycles. The van der Waals surface area contributed by atoms with Crippen LogP contribution in [0, 0.1) is 0 Å². The standard InChI is InChI=1S/C49H29N5S2/c1-2-10-30(11-3-1)41-27-42(44-29-51-43(28-52-44)40-14-8-9-21-50-40)54-49(53-41)35-23-33(31-17-19-47-38(25-31)36-12-4-6-15-45(36)55-47)22-34(24-35)32-18-20-48-39(26-32)37-13-5-7-16-46(37)56-48/h1-29H. The molecule has 5 heterocycles. The van der Waals surface area contributed by atoms with Gasteiger partial charge < -0.3 is 0 Å². The van der Waals surface area contributed by atoms with Gasteiger partial charge in [-0.05, 0) is 95.1 Å². The van der Waals surface area contributed by atoms with Crippen LogP contribution in [0.1, 0.15) is 0 Å². The Morgan fingerprint density at radius 3 is 1.45 bits per heavy atom. The summed E-state index contributed by atoms with van der Waals surface area (Å²) in [6.07, 6.45) is 5.29. The molecule has 0 atom stereocenters. The van der Waals surface area contributed by atoms with Crippen LogP contribution < -0.4 is 0 Å². The predicted octanol–water partition coefficient (Wildman–Crippen LogP) is 13.4. The summed E-state index contributed by atoms with van der Waals surface area (Å²) >= 11 is 3.67. The quantitative estimate of drug-likeness (QED) is 0.169. The lowest BCUT2D eigenvalue weighted by Gasteiger charge is -2.13. The van der Waals surface area contributed by atoms with Gasteiger partial charge in [-0.2, -0.15) is 0 Å². The van der Waals surface area contributed by atoms with E-state index >= 15 is 0 Å². The number of rotatable bonds is 6. The minimum absolute atomic E-state index is 0.615. The van der Waals surface area contributed by atoms with Crippen molar-refractivity contribution in [1.29, 1.82) is 0 Å². The minimum Gasteiger partial charge on any atom is -0.255 e. The number of nitrogens with zero attached hydrogens (tertiary/aromatic N) is 5. The zero-order chi connectivity index (χ0) is 37.0. The highest BCUT2D eigenvalue weighted by molar-refractivity contribution is 7.26. The first kappa shape index (κ1) is 32.5. The molecule has 0 saturated heterocycles. The molecule has 56 heavy (non-hydrogen) atoms. The second-order valence-corrected chi connectivity index (χ2v) is 15.9. The van der Waals surface area contributed by atoms with Gasteiger partial charge in [-0.3, -0.25) is 15.0 Å². The van der Waals surface area contributed by atoms with E-state index in [1.54, 1.807) is 18.6 Å². The Morgan fingerprint density at radius 1 is 0.304 bits per heavy atom. The van der Waals surface area contributed by atoms with Crippen molar-refractivity contribution in [2.75, 3.05) is 0 Å². The van der Waals surface area contributed by atoms with Crippen molar-refractivity contribution in [2.45, 2.75) is 0 Å². The Bertz CT molecular complexity index is 3110. The molecule has 0 aliphatic carbocycles. The number of aromatic nitrogens is 5. The summed E-state index contributed by atoms with van der Waals surface area (Å²) in [5, 5.41) is 5.08. The van der Waals surface area contributed by atoms with Crippen LogP contribution in [0.15, 0.2) is 176 Å². The third-order valence-corrected chi connectivity index (χ3v) is 12.6. The van der Waals surface area contributed by atoms with Gasteiger partial charge in [0.15, 0.2) is 5.82 Å². The summed E-state index contributed by atoms with van der Waals surface area (Å²) in [5.41, 5.74) is 10.0. The number of pyridine rings is 1. The molecule has 5 nitrogen and oxygen atoms in total. The molecule has 0 amide bonds.